The number of carbonyl (C=O) groups is 1. The molecule has 3 rings (SSSR count). The molecular weight excluding hydrogens is 288 g/mol. The minimum Gasteiger partial charge on any atom is -0.339 e. The van der Waals surface area contributed by atoms with Crippen molar-refractivity contribution in [2.75, 3.05) is 18.0 Å². The van der Waals surface area contributed by atoms with E-state index in [0.29, 0.717) is 30.6 Å². The van der Waals surface area contributed by atoms with Gasteiger partial charge in [-0.3, -0.25) is 4.79 Å². The van der Waals surface area contributed by atoms with E-state index in [-0.39, 0.29) is 5.91 Å². The second kappa shape index (κ2) is 6.36. The maximum absolute atomic E-state index is 12.3. The van der Waals surface area contributed by atoms with Gasteiger partial charge in [-0.05, 0) is 38.8 Å². The van der Waals surface area contributed by atoms with Crippen LogP contribution in [0.3, 0.4) is 0 Å². The third-order valence-corrected chi connectivity index (χ3v) is 4.36. The number of nitrogens with zero attached hydrogens (tertiary/aromatic N) is 4. The molecule has 2 aromatic rings. The lowest BCUT2D eigenvalue weighted by molar-refractivity contribution is 0.0772. The lowest BCUT2D eigenvalue weighted by atomic mass is 10.1. The third kappa shape index (κ3) is 2.79. The van der Waals surface area contributed by atoms with E-state index in [1.54, 1.807) is 17.3 Å². The SMILES string of the molecule is CCN(CC)C(=O)c1cnc(N2c3ccccc3CC2C)nc1. The highest BCUT2D eigenvalue weighted by Gasteiger charge is 2.28. The largest absolute Gasteiger partial charge is 0.339 e. The lowest BCUT2D eigenvalue weighted by Crippen LogP contribution is -2.31. The minimum atomic E-state index is -0.0172. The van der Waals surface area contributed by atoms with Gasteiger partial charge in [-0.15, -0.1) is 0 Å². The van der Waals surface area contributed by atoms with Gasteiger partial charge in [0.05, 0.1) is 5.56 Å². The van der Waals surface area contributed by atoms with Crippen LogP contribution in [0.15, 0.2) is 36.7 Å². The average Bonchev–Trinajstić information content (AvgIpc) is 2.91. The van der Waals surface area contributed by atoms with Crippen molar-refractivity contribution < 1.29 is 4.79 Å². The minimum absolute atomic E-state index is 0.0172. The van der Waals surface area contributed by atoms with Gasteiger partial charge in [-0.1, -0.05) is 18.2 Å². The fourth-order valence-electron chi connectivity index (χ4n) is 3.12. The number of hydrogen-bond acceptors (Lipinski definition) is 4. The van der Waals surface area contributed by atoms with Gasteiger partial charge in [0, 0.05) is 37.2 Å². The van der Waals surface area contributed by atoms with Gasteiger partial charge in [0.1, 0.15) is 0 Å². The number of aromatic nitrogens is 2. The molecule has 0 radical (unpaired) electrons. The van der Waals surface area contributed by atoms with Crippen LogP contribution >= 0.6 is 0 Å². The van der Waals surface area contributed by atoms with E-state index in [1.807, 2.05) is 19.9 Å². The van der Waals surface area contributed by atoms with Gasteiger partial charge in [0.2, 0.25) is 5.95 Å². The van der Waals surface area contributed by atoms with Gasteiger partial charge in [0.15, 0.2) is 0 Å². The maximum Gasteiger partial charge on any atom is 0.256 e. The summed E-state index contributed by atoms with van der Waals surface area (Å²) in [6.45, 7) is 7.48. The third-order valence-electron chi connectivity index (χ3n) is 4.36. The van der Waals surface area contributed by atoms with Crippen LogP contribution in [0.1, 0.15) is 36.7 Å². The molecule has 0 bridgehead atoms. The average molecular weight is 310 g/mol. The van der Waals surface area contributed by atoms with E-state index >= 15 is 0 Å². The lowest BCUT2D eigenvalue weighted by Gasteiger charge is -2.23. The zero-order valence-electron chi connectivity index (χ0n) is 13.9. The Hall–Kier alpha value is -2.43. The van der Waals surface area contributed by atoms with E-state index in [0.717, 1.165) is 12.1 Å². The smallest absolute Gasteiger partial charge is 0.256 e. The van der Waals surface area contributed by atoms with Crippen LogP contribution < -0.4 is 4.90 Å². The molecule has 1 unspecified atom stereocenters. The molecule has 0 fully saturated rings. The molecule has 1 atom stereocenters. The van der Waals surface area contributed by atoms with Crippen LogP contribution in [-0.2, 0) is 6.42 Å². The predicted molar refractivity (Wildman–Crippen MR) is 91.0 cm³/mol. The van der Waals surface area contributed by atoms with E-state index in [1.165, 1.54) is 5.56 Å². The Labute approximate surface area is 137 Å². The van der Waals surface area contributed by atoms with Crippen LogP contribution in [0.5, 0.6) is 0 Å². The number of anilines is 2. The van der Waals surface area contributed by atoms with Crippen LogP contribution in [0.2, 0.25) is 0 Å². The molecule has 1 aromatic heterocycles. The normalized spacial score (nSPS) is 16.3. The molecule has 1 amide bonds. The summed E-state index contributed by atoms with van der Waals surface area (Å²) in [4.78, 5) is 25.1. The van der Waals surface area contributed by atoms with Crippen molar-refractivity contribution in [3.05, 3.63) is 47.8 Å². The molecule has 1 aliphatic rings. The molecule has 120 valence electrons. The van der Waals surface area contributed by atoms with Crippen LogP contribution in [-0.4, -0.2) is 39.9 Å². The van der Waals surface area contributed by atoms with Gasteiger partial charge < -0.3 is 9.80 Å². The second-order valence-electron chi connectivity index (χ2n) is 5.80. The summed E-state index contributed by atoms with van der Waals surface area (Å²) in [6.07, 6.45) is 4.26. The number of hydrogen-bond donors (Lipinski definition) is 0. The highest BCUT2D eigenvalue weighted by molar-refractivity contribution is 5.93. The Morgan fingerprint density at radius 3 is 2.52 bits per heavy atom. The first kappa shape index (κ1) is 15.5. The molecule has 0 saturated heterocycles. The molecule has 0 spiro atoms. The molecule has 5 heteroatoms. The zero-order chi connectivity index (χ0) is 16.4. The fraction of sp³-hybridized carbons (Fsp3) is 0.389. The molecule has 0 N–H and O–H groups in total. The molecule has 1 aliphatic heterocycles. The Balaban J connectivity index is 1.87. The summed E-state index contributed by atoms with van der Waals surface area (Å²) in [5.41, 5.74) is 3.01. The fourth-order valence-corrected chi connectivity index (χ4v) is 3.12. The van der Waals surface area contributed by atoms with Crippen LogP contribution in [0, 0.1) is 0 Å². The standard InChI is InChI=1S/C18H22N4O/c1-4-21(5-2)17(23)15-11-19-18(20-12-15)22-13(3)10-14-8-6-7-9-16(14)22/h6-9,11-13H,4-5,10H2,1-3H3. The predicted octanol–water partition coefficient (Wildman–Crippen LogP) is 3.04. The Morgan fingerprint density at radius 2 is 1.87 bits per heavy atom. The molecular formula is C18H22N4O. The van der Waals surface area contributed by atoms with Gasteiger partial charge >= 0.3 is 0 Å². The van der Waals surface area contributed by atoms with E-state index in [4.69, 9.17) is 0 Å². The highest BCUT2D eigenvalue weighted by Crippen LogP contribution is 2.36. The summed E-state index contributed by atoms with van der Waals surface area (Å²) in [6, 6.07) is 8.64. The Morgan fingerprint density at radius 1 is 1.22 bits per heavy atom. The summed E-state index contributed by atoms with van der Waals surface area (Å²) in [5.74, 6) is 0.634. The van der Waals surface area contributed by atoms with Crippen molar-refractivity contribution in [3.63, 3.8) is 0 Å². The van der Waals surface area contributed by atoms with Crippen molar-refractivity contribution in [2.24, 2.45) is 0 Å². The monoisotopic (exact) mass is 310 g/mol. The molecule has 5 nitrogen and oxygen atoms in total. The first-order valence-electron chi connectivity index (χ1n) is 8.14. The zero-order valence-corrected chi connectivity index (χ0v) is 13.9. The van der Waals surface area contributed by atoms with Crippen molar-refractivity contribution in [1.29, 1.82) is 0 Å². The number of para-hydroxylation sites is 1. The van der Waals surface area contributed by atoms with E-state index in [2.05, 4.69) is 40.0 Å². The molecule has 23 heavy (non-hydrogen) atoms. The molecule has 2 heterocycles. The van der Waals surface area contributed by atoms with Gasteiger partial charge in [-0.25, -0.2) is 9.97 Å². The Bertz CT molecular complexity index is 694. The summed E-state index contributed by atoms with van der Waals surface area (Å²) in [5, 5.41) is 0. The molecule has 1 aromatic carbocycles. The van der Waals surface area contributed by atoms with Gasteiger partial charge in [-0.2, -0.15) is 0 Å². The molecule has 0 aliphatic carbocycles. The van der Waals surface area contributed by atoms with Crippen molar-refractivity contribution in [1.82, 2.24) is 14.9 Å². The van der Waals surface area contributed by atoms with E-state index < -0.39 is 0 Å². The maximum atomic E-state index is 12.3. The first-order chi connectivity index (χ1) is 11.2. The number of carbonyl (C=O) groups excluding carboxylic acids is 1. The number of benzene rings is 1. The van der Waals surface area contributed by atoms with E-state index in [9.17, 15) is 4.79 Å². The number of rotatable bonds is 4. The first-order valence-corrected chi connectivity index (χ1v) is 8.14. The highest BCUT2D eigenvalue weighted by atomic mass is 16.2. The molecule has 0 saturated carbocycles. The Kier molecular flexibility index (Phi) is 4.28. The van der Waals surface area contributed by atoms with Crippen molar-refractivity contribution in [2.45, 2.75) is 33.2 Å². The second-order valence-corrected chi connectivity index (χ2v) is 5.80. The van der Waals surface area contributed by atoms with Crippen LogP contribution in [0.25, 0.3) is 0 Å². The van der Waals surface area contributed by atoms with Crippen LogP contribution in [0.4, 0.5) is 11.6 Å². The van der Waals surface area contributed by atoms with Crippen molar-refractivity contribution >= 4 is 17.5 Å². The summed E-state index contributed by atoms with van der Waals surface area (Å²) in [7, 11) is 0. The van der Waals surface area contributed by atoms with Crippen molar-refractivity contribution in [3.8, 4) is 0 Å². The summed E-state index contributed by atoms with van der Waals surface area (Å²) < 4.78 is 0. The van der Waals surface area contributed by atoms with Gasteiger partial charge in [0.25, 0.3) is 5.91 Å². The topological polar surface area (TPSA) is 49.3 Å². The quantitative estimate of drug-likeness (QED) is 0.871. The number of fused-ring (bicyclic) bond motifs is 1. The number of amides is 1. The summed E-state index contributed by atoms with van der Waals surface area (Å²) >= 11 is 0.